The molecule has 10 rings (SSSR count). The molecule has 0 saturated heterocycles. The summed E-state index contributed by atoms with van der Waals surface area (Å²) in [6.45, 7) is 0. The second-order valence-corrected chi connectivity index (χ2v) is 13.2. The lowest BCUT2D eigenvalue weighted by Gasteiger charge is -2.18. The van der Waals surface area contributed by atoms with Gasteiger partial charge in [-0.05, 0) is 101 Å². The molecule has 1 aromatic heterocycles. The fourth-order valence-electron chi connectivity index (χ4n) is 7.91. The Bertz CT molecular complexity index is 2880. The Labute approximate surface area is 296 Å². The molecule has 9 aromatic carbocycles. The van der Waals surface area contributed by atoms with Gasteiger partial charge in [0.1, 0.15) is 11.2 Å². The van der Waals surface area contributed by atoms with Crippen LogP contribution >= 0.6 is 0 Å². The Kier molecular flexibility index (Phi) is 6.89. The molecule has 1 heteroatoms. The molecule has 1 heterocycles. The van der Waals surface area contributed by atoms with Gasteiger partial charge in [-0.25, -0.2) is 0 Å². The Balaban J connectivity index is 1.26. The summed E-state index contributed by atoms with van der Waals surface area (Å²) in [6.07, 6.45) is 0. The van der Waals surface area contributed by atoms with Crippen LogP contribution in [-0.4, -0.2) is 0 Å². The van der Waals surface area contributed by atoms with Crippen LogP contribution in [0.4, 0.5) is 0 Å². The summed E-state index contributed by atoms with van der Waals surface area (Å²) in [7, 11) is 0. The van der Waals surface area contributed by atoms with Crippen molar-refractivity contribution in [3.05, 3.63) is 194 Å². The average Bonchev–Trinajstić information content (AvgIpc) is 3.58. The normalized spacial score (nSPS) is 11.5. The molecule has 51 heavy (non-hydrogen) atoms. The Hall–Kier alpha value is -6.70. The molecule has 0 fully saturated rings. The minimum absolute atomic E-state index is 0.900. The maximum Gasteiger partial charge on any atom is 0.136 e. The van der Waals surface area contributed by atoms with Crippen LogP contribution in [0.25, 0.3) is 99.1 Å². The van der Waals surface area contributed by atoms with Crippen LogP contribution in [0.2, 0.25) is 0 Å². The van der Waals surface area contributed by atoms with Crippen molar-refractivity contribution in [1.29, 1.82) is 0 Å². The van der Waals surface area contributed by atoms with E-state index in [0.717, 1.165) is 27.5 Å². The maximum absolute atomic E-state index is 6.44. The second-order valence-electron chi connectivity index (χ2n) is 13.2. The second kappa shape index (κ2) is 12.0. The van der Waals surface area contributed by atoms with Crippen LogP contribution < -0.4 is 0 Å². The maximum atomic E-state index is 6.44. The van der Waals surface area contributed by atoms with Crippen molar-refractivity contribution < 1.29 is 4.42 Å². The Morgan fingerprint density at radius 1 is 0.235 bits per heavy atom. The minimum atomic E-state index is 0.900. The first kappa shape index (κ1) is 29.2. The number of hydrogen-bond donors (Lipinski definition) is 0. The van der Waals surface area contributed by atoms with E-state index in [1.807, 2.05) is 12.1 Å². The van der Waals surface area contributed by atoms with E-state index >= 15 is 0 Å². The number of benzene rings is 9. The predicted molar refractivity (Wildman–Crippen MR) is 216 cm³/mol. The third-order valence-corrected chi connectivity index (χ3v) is 10.3. The molecule has 0 spiro atoms. The first-order valence-electron chi connectivity index (χ1n) is 17.5. The van der Waals surface area contributed by atoms with Crippen molar-refractivity contribution in [3.8, 4) is 55.6 Å². The molecule has 0 aliphatic heterocycles. The molecule has 0 atom stereocenters. The number of furan rings is 1. The van der Waals surface area contributed by atoms with Gasteiger partial charge in [0.2, 0.25) is 0 Å². The third kappa shape index (κ3) is 4.94. The smallest absolute Gasteiger partial charge is 0.136 e. The van der Waals surface area contributed by atoms with Crippen LogP contribution in [0.3, 0.4) is 0 Å². The fraction of sp³-hybridized carbons (Fsp3) is 0. The quantitative estimate of drug-likeness (QED) is 0.169. The van der Waals surface area contributed by atoms with E-state index in [9.17, 15) is 0 Å². The summed E-state index contributed by atoms with van der Waals surface area (Å²) < 4.78 is 6.44. The van der Waals surface area contributed by atoms with E-state index in [-0.39, 0.29) is 0 Å². The van der Waals surface area contributed by atoms with Gasteiger partial charge < -0.3 is 4.42 Å². The summed E-state index contributed by atoms with van der Waals surface area (Å²) >= 11 is 0. The van der Waals surface area contributed by atoms with E-state index in [1.54, 1.807) is 0 Å². The molecule has 238 valence electrons. The molecular formula is C50H32O. The largest absolute Gasteiger partial charge is 0.456 e. The van der Waals surface area contributed by atoms with Crippen LogP contribution in [-0.2, 0) is 0 Å². The lowest BCUT2D eigenvalue weighted by molar-refractivity contribution is 0.669. The van der Waals surface area contributed by atoms with Crippen molar-refractivity contribution in [2.24, 2.45) is 0 Å². The number of hydrogen-bond acceptors (Lipinski definition) is 1. The molecule has 1 nitrogen and oxygen atoms in total. The summed E-state index contributed by atoms with van der Waals surface area (Å²) in [5.41, 5.74) is 13.9. The molecular weight excluding hydrogens is 617 g/mol. The number of para-hydroxylation sites is 1. The van der Waals surface area contributed by atoms with Gasteiger partial charge in [0.15, 0.2) is 0 Å². The number of fused-ring (bicyclic) bond motifs is 5. The van der Waals surface area contributed by atoms with Gasteiger partial charge in [-0.3, -0.25) is 0 Å². The monoisotopic (exact) mass is 648 g/mol. The van der Waals surface area contributed by atoms with Crippen molar-refractivity contribution in [2.45, 2.75) is 0 Å². The van der Waals surface area contributed by atoms with Crippen LogP contribution in [0, 0.1) is 0 Å². The van der Waals surface area contributed by atoms with E-state index in [4.69, 9.17) is 4.42 Å². The predicted octanol–water partition coefficient (Wildman–Crippen LogP) is 14.2. The average molecular weight is 649 g/mol. The van der Waals surface area contributed by atoms with E-state index < -0.39 is 0 Å². The molecule has 0 aliphatic rings. The van der Waals surface area contributed by atoms with Gasteiger partial charge in [0.05, 0.1) is 0 Å². The lowest BCUT2D eigenvalue weighted by atomic mass is 9.85. The first-order chi connectivity index (χ1) is 25.3. The standard InChI is InChI=1S/C50H32O/c1-3-13-33(14-4-1)34-25-27-36(28-26-34)39-20-11-22-44-46(39)32-47-41(40-18-8-7-17-38(40)35-15-5-2-6-16-35)21-12-23-45(47)50(44)37-29-30-43-42-19-9-10-24-48(42)51-49(43)31-37/h1-32H. The Morgan fingerprint density at radius 2 is 0.725 bits per heavy atom. The van der Waals surface area contributed by atoms with E-state index in [0.29, 0.717) is 0 Å². The van der Waals surface area contributed by atoms with Crippen molar-refractivity contribution in [3.63, 3.8) is 0 Å². The van der Waals surface area contributed by atoms with Crippen molar-refractivity contribution >= 4 is 43.5 Å². The van der Waals surface area contributed by atoms with Crippen LogP contribution in [0.15, 0.2) is 199 Å². The fourth-order valence-corrected chi connectivity index (χ4v) is 7.91. The highest BCUT2D eigenvalue weighted by atomic mass is 16.3. The lowest BCUT2D eigenvalue weighted by Crippen LogP contribution is -1.92. The molecule has 0 bridgehead atoms. The Morgan fingerprint density at radius 3 is 1.49 bits per heavy atom. The van der Waals surface area contributed by atoms with E-state index in [2.05, 4.69) is 182 Å². The molecule has 10 aromatic rings. The molecule has 0 saturated carbocycles. The topological polar surface area (TPSA) is 13.1 Å². The highest BCUT2D eigenvalue weighted by Crippen LogP contribution is 2.45. The molecule has 0 unspecified atom stereocenters. The van der Waals surface area contributed by atoms with Crippen molar-refractivity contribution in [1.82, 2.24) is 0 Å². The third-order valence-electron chi connectivity index (χ3n) is 10.3. The van der Waals surface area contributed by atoms with Crippen LogP contribution in [0.5, 0.6) is 0 Å². The van der Waals surface area contributed by atoms with Gasteiger partial charge in [-0.2, -0.15) is 0 Å². The van der Waals surface area contributed by atoms with Crippen LogP contribution in [0.1, 0.15) is 0 Å². The first-order valence-corrected chi connectivity index (χ1v) is 17.5. The summed E-state index contributed by atoms with van der Waals surface area (Å²) in [4.78, 5) is 0. The summed E-state index contributed by atoms with van der Waals surface area (Å²) in [6, 6.07) is 70.0. The zero-order valence-electron chi connectivity index (χ0n) is 27.9. The highest BCUT2D eigenvalue weighted by Gasteiger charge is 2.18. The SMILES string of the molecule is c1ccc(-c2ccc(-c3cccc4c(-c5ccc6c(c5)oc5ccccc56)c5cccc(-c6ccccc6-c6ccccc6)c5cc34)cc2)cc1. The summed E-state index contributed by atoms with van der Waals surface area (Å²) in [5.74, 6) is 0. The molecule has 0 amide bonds. The zero-order valence-corrected chi connectivity index (χ0v) is 27.9. The highest BCUT2D eigenvalue weighted by molar-refractivity contribution is 6.20. The molecule has 0 radical (unpaired) electrons. The number of rotatable bonds is 5. The van der Waals surface area contributed by atoms with Gasteiger partial charge in [0.25, 0.3) is 0 Å². The van der Waals surface area contributed by atoms with Gasteiger partial charge in [0, 0.05) is 10.8 Å². The van der Waals surface area contributed by atoms with Crippen molar-refractivity contribution in [2.75, 3.05) is 0 Å². The molecule has 0 N–H and O–H groups in total. The van der Waals surface area contributed by atoms with Gasteiger partial charge >= 0.3 is 0 Å². The van der Waals surface area contributed by atoms with E-state index in [1.165, 1.54) is 71.6 Å². The zero-order chi connectivity index (χ0) is 33.7. The molecule has 0 aliphatic carbocycles. The van der Waals surface area contributed by atoms with Gasteiger partial charge in [-0.1, -0.05) is 170 Å². The summed E-state index contributed by atoms with van der Waals surface area (Å²) in [5, 5.41) is 7.16. The van der Waals surface area contributed by atoms with Gasteiger partial charge in [-0.15, -0.1) is 0 Å². The minimum Gasteiger partial charge on any atom is -0.456 e.